The highest BCUT2D eigenvalue weighted by Crippen LogP contribution is 2.19. The van der Waals surface area contributed by atoms with Crippen molar-refractivity contribution in [1.82, 2.24) is 15.6 Å². The maximum absolute atomic E-state index is 4.71. The van der Waals surface area contributed by atoms with Crippen molar-refractivity contribution in [1.29, 1.82) is 0 Å². The van der Waals surface area contributed by atoms with Crippen LogP contribution in [0.5, 0.6) is 0 Å². The molecule has 1 saturated heterocycles. The predicted octanol–water partition coefficient (Wildman–Crippen LogP) is 4.25. The lowest BCUT2D eigenvalue weighted by Crippen LogP contribution is -2.37. The van der Waals surface area contributed by atoms with Gasteiger partial charge in [0.15, 0.2) is 5.96 Å². The second kappa shape index (κ2) is 12.2. The van der Waals surface area contributed by atoms with Gasteiger partial charge in [-0.3, -0.25) is 0 Å². The standard InChI is InChI=1S/C21H33N5.HI/c1-2-22-21(23-13-12-18-8-4-3-5-9-18)25-17-19-10-11-20(24-16-19)26-14-6-7-15-26;/h8,10-11,16H,2-7,9,12-15,17H2,1H3,(H2,22,23,25);1H. The third kappa shape index (κ3) is 7.31. The van der Waals surface area contributed by atoms with Crippen LogP contribution in [0.25, 0.3) is 0 Å². The minimum absolute atomic E-state index is 0. The molecule has 0 bridgehead atoms. The van der Waals surface area contributed by atoms with E-state index in [9.17, 15) is 0 Å². The zero-order valence-electron chi connectivity index (χ0n) is 16.5. The number of rotatable bonds is 7. The molecule has 6 heteroatoms. The molecule has 0 amide bonds. The van der Waals surface area contributed by atoms with Crippen molar-refractivity contribution in [2.24, 2.45) is 4.99 Å². The summed E-state index contributed by atoms with van der Waals surface area (Å²) in [5.41, 5.74) is 2.75. The van der Waals surface area contributed by atoms with Gasteiger partial charge in [0.2, 0.25) is 0 Å². The number of anilines is 1. The van der Waals surface area contributed by atoms with E-state index in [-0.39, 0.29) is 24.0 Å². The number of aromatic nitrogens is 1. The van der Waals surface area contributed by atoms with Crippen LogP contribution in [-0.2, 0) is 6.54 Å². The van der Waals surface area contributed by atoms with Crippen LogP contribution >= 0.6 is 24.0 Å². The highest BCUT2D eigenvalue weighted by atomic mass is 127. The molecular weight excluding hydrogens is 449 g/mol. The van der Waals surface area contributed by atoms with E-state index >= 15 is 0 Å². The average molecular weight is 483 g/mol. The molecule has 0 aromatic carbocycles. The maximum atomic E-state index is 4.71. The fourth-order valence-corrected chi connectivity index (χ4v) is 3.63. The predicted molar refractivity (Wildman–Crippen MR) is 125 cm³/mol. The Labute approximate surface area is 181 Å². The Morgan fingerprint density at radius 1 is 1.15 bits per heavy atom. The molecule has 0 radical (unpaired) electrons. The number of halogens is 1. The molecule has 150 valence electrons. The van der Waals surface area contributed by atoms with E-state index < -0.39 is 0 Å². The highest BCUT2D eigenvalue weighted by molar-refractivity contribution is 14.0. The van der Waals surface area contributed by atoms with Crippen molar-refractivity contribution in [3.05, 3.63) is 35.5 Å². The lowest BCUT2D eigenvalue weighted by atomic mass is 9.97. The first-order chi connectivity index (χ1) is 12.8. The lowest BCUT2D eigenvalue weighted by Gasteiger charge is -2.16. The fraction of sp³-hybridized carbons (Fsp3) is 0.619. The van der Waals surface area contributed by atoms with E-state index in [2.05, 4.69) is 45.6 Å². The van der Waals surface area contributed by atoms with Gasteiger partial charge in [-0.15, -0.1) is 24.0 Å². The molecule has 1 aromatic rings. The van der Waals surface area contributed by atoms with Gasteiger partial charge in [-0.2, -0.15) is 0 Å². The van der Waals surface area contributed by atoms with Crippen LogP contribution in [0.3, 0.4) is 0 Å². The monoisotopic (exact) mass is 483 g/mol. The summed E-state index contributed by atoms with van der Waals surface area (Å²) in [6, 6.07) is 4.28. The number of pyridine rings is 1. The highest BCUT2D eigenvalue weighted by Gasteiger charge is 2.12. The minimum Gasteiger partial charge on any atom is -0.357 e. The summed E-state index contributed by atoms with van der Waals surface area (Å²) in [6.07, 6.45) is 13.3. The first kappa shape index (κ1) is 22.0. The van der Waals surface area contributed by atoms with Gasteiger partial charge in [0.25, 0.3) is 0 Å². The van der Waals surface area contributed by atoms with Gasteiger partial charge in [0.1, 0.15) is 5.82 Å². The van der Waals surface area contributed by atoms with E-state index in [1.165, 1.54) is 38.5 Å². The van der Waals surface area contributed by atoms with Gasteiger partial charge in [-0.1, -0.05) is 17.7 Å². The number of hydrogen-bond acceptors (Lipinski definition) is 3. The van der Waals surface area contributed by atoms with E-state index in [0.29, 0.717) is 6.54 Å². The molecule has 1 fully saturated rings. The topological polar surface area (TPSA) is 52.6 Å². The number of hydrogen-bond donors (Lipinski definition) is 2. The van der Waals surface area contributed by atoms with Gasteiger partial charge >= 0.3 is 0 Å². The zero-order valence-corrected chi connectivity index (χ0v) is 18.9. The van der Waals surface area contributed by atoms with Crippen molar-refractivity contribution in [3.8, 4) is 0 Å². The van der Waals surface area contributed by atoms with Crippen LogP contribution in [0.2, 0.25) is 0 Å². The maximum Gasteiger partial charge on any atom is 0.191 e. The van der Waals surface area contributed by atoms with E-state index in [1.54, 1.807) is 5.57 Å². The molecule has 0 spiro atoms. The second-order valence-corrected chi connectivity index (χ2v) is 7.20. The van der Waals surface area contributed by atoms with Crippen LogP contribution in [0.15, 0.2) is 35.0 Å². The van der Waals surface area contributed by atoms with Crippen LogP contribution in [-0.4, -0.2) is 37.1 Å². The fourth-order valence-electron chi connectivity index (χ4n) is 3.63. The molecule has 1 aromatic heterocycles. The minimum atomic E-state index is 0. The third-order valence-corrected chi connectivity index (χ3v) is 5.13. The Kier molecular flexibility index (Phi) is 9.94. The molecule has 0 unspecified atom stereocenters. The molecule has 0 saturated carbocycles. The molecular formula is C21H34IN5. The zero-order chi connectivity index (χ0) is 18.0. The molecule has 1 aliphatic carbocycles. The van der Waals surface area contributed by atoms with Gasteiger partial charge in [0, 0.05) is 32.4 Å². The smallest absolute Gasteiger partial charge is 0.191 e. The van der Waals surface area contributed by atoms with Crippen molar-refractivity contribution >= 4 is 35.8 Å². The Morgan fingerprint density at radius 3 is 2.67 bits per heavy atom. The molecule has 27 heavy (non-hydrogen) atoms. The van der Waals surface area contributed by atoms with Crippen molar-refractivity contribution in [2.75, 3.05) is 31.1 Å². The van der Waals surface area contributed by atoms with Gasteiger partial charge < -0.3 is 15.5 Å². The largest absolute Gasteiger partial charge is 0.357 e. The van der Waals surface area contributed by atoms with E-state index in [1.807, 2.05) is 6.20 Å². The summed E-state index contributed by atoms with van der Waals surface area (Å²) in [7, 11) is 0. The summed E-state index contributed by atoms with van der Waals surface area (Å²) in [4.78, 5) is 11.7. The van der Waals surface area contributed by atoms with Crippen LogP contribution in [0, 0.1) is 0 Å². The van der Waals surface area contributed by atoms with Gasteiger partial charge in [-0.25, -0.2) is 9.98 Å². The van der Waals surface area contributed by atoms with Crippen molar-refractivity contribution < 1.29 is 0 Å². The van der Waals surface area contributed by atoms with E-state index in [0.717, 1.165) is 49.9 Å². The second-order valence-electron chi connectivity index (χ2n) is 7.20. The first-order valence-electron chi connectivity index (χ1n) is 10.2. The number of aliphatic imine (C=N–C) groups is 1. The Morgan fingerprint density at radius 2 is 2.00 bits per heavy atom. The number of nitrogens with one attached hydrogen (secondary N) is 2. The first-order valence-corrected chi connectivity index (χ1v) is 10.2. The summed E-state index contributed by atoms with van der Waals surface area (Å²) >= 11 is 0. The van der Waals surface area contributed by atoms with Crippen molar-refractivity contribution in [3.63, 3.8) is 0 Å². The van der Waals surface area contributed by atoms with Crippen LogP contribution in [0.1, 0.15) is 57.4 Å². The van der Waals surface area contributed by atoms with Crippen LogP contribution < -0.4 is 15.5 Å². The van der Waals surface area contributed by atoms with Crippen molar-refractivity contribution in [2.45, 2.75) is 58.4 Å². The summed E-state index contributed by atoms with van der Waals surface area (Å²) in [5.74, 6) is 1.99. The van der Waals surface area contributed by atoms with Gasteiger partial charge in [0.05, 0.1) is 6.54 Å². The average Bonchev–Trinajstić information content (AvgIpc) is 3.22. The Hall–Kier alpha value is -1.31. The molecule has 1 aliphatic heterocycles. The summed E-state index contributed by atoms with van der Waals surface area (Å²) in [5, 5.41) is 6.80. The number of guanidine groups is 1. The Balaban J connectivity index is 0.00000261. The summed E-state index contributed by atoms with van der Waals surface area (Å²) < 4.78 is 0. The molecule has 2 N–H and O–H groups in total. The summed E-state index contributed by atoms with van der Waals surface area (Å²) in [6.45, 7) is 6.86. The Bertz CT molecular complexity index is 606. The van der Waals surface area contributed by atoms with E-state index in [4.69, 9.17) is 4.99 Å². The number of nitrogens with zero attached hydrogens (tertiary/aromatic N) is 3. The van der Waals surface area contributed by atoms with Crippen LogP contribution in [0.4, 0.5) is 5.82 Å². The molecule has 2 heterocycles. The molecule has 0 atom stereocenters. The van der Waals surface area contributed by atoms with Gasteiger partial charge in [-0.05, 0) is 63.5 Å². The molecule has 3 rings (SSSR count). The molecule has 2 aliphatic rings. The third-order valence-electron chi connectivity index (χ3n) is 5.13. The quantitative estimate of drug-likeness (QED) is 0.264. The SMILES string of the molecule is CCNC(=NCc1ccc(N2CCCC2)nc1)NCCC1=CCCCC1.I. The normalized spacial score (nSPS) is 17.3. The molecule has 5 nitrogen and oxygen atoms in total. The lowest BCUT2D eigenvalue weighted by molar-refractivity contribution is 0.665. The number of allylic oxidation sites excluding steroid dienone is 1.